The largest absolute Gasteiger partial charge is 0.356 e. The Morgan fingerprint density at radius 3 is 2.57 bits per heavy atom. The molecule has 8 heteroatoms. The molecule has 0 saturated carbocycles. The summed E-state index contributed by atoms with van der Waals surface area (Å²) < 4.78 is 26.6. The summed E-state index contributed by atoms with van der Waals surface area (Å²) in [6.07, 6.45) is 3.95. The van der Waals surface area contributed by atoms with Gasteiger partial charge in [-0.3, -0.25) is 14.5 Å². The number of hydrogen-bond donors (Lipinski definition) is 2. The Morgan fingerprint density at radius 2 is 1.73 bits per heavy atom. The maximum atomic E-state index is 12.0. The lowest BCUT2D eigenvalue weighted by Gasteiger charge is -2.05. The van der Waals surface area contributed by atoms with Gasteiger partial charge in [0.05, 0.1) is 4.90 Å². The Kier molecular flexibility index (Phi) is 8.33. The van der Waals surface area contributed by atoms with Gasteiger partial charge in [0.25, 0.3) is 10.0 Å². The maximum absolute atomic E-state index is 12.0. The van der Waals surface area contributed by atoms with E-state index in [1.165, 1.54) is 4.90 Å². The molecule has 2 N–H and O–H groups in total. The van der Waals surface area contributed by atoms with Crippen LogP contribution in [-0.4, -0.2) is 39.0 Å². The Hall–Kier alpha value is -2.32. The van der Waals surface area contributed by atoms with Crippen LogP contribution in [0.15, 0.2) is 69.4 Å². The molecule has 0 bridgehead atoms. The van der Waals surface area contributed by atoms with E-state index >= 15 is 0 Å². The molecule has 3 rings (SSSR count). The number of carbonyl (C=O) groups excluding carboxylic acids is 1. The Bertz CT molecular complexity index is 976. The van der Waals surface area contributed by atoms with Crippen molar-refractivity contribution in [1.29, 1.82) is 0 Å². The van der Waals surface area contributed by atoms with Gasteiger partial charge in [-0.2, -0.15) is 0 Å². The van der Waals surface area contributed by atoms with E-state index in [-0.39, 0.29) is 10.8 Å². The second-order valence-electron chi connectivity index (χ2n) is 7.01. The number of nitrogens with zero attached hydrogens (tertiary/aromatic N) is 1. The predicted molar refractivity (Wildman–Crippen MR) is 121 cm³/mol. The van der Waals surface area contributed by atoms with Crippen molar-refractivity contribution in [3.05, 3.63) is 60.2 Å². The van der Waals surface area contributed by atoms with Crippen molar-refractivity contribution in [2.45, 2.75) is 41.9 Å². The van der Waals surface area contributed by atoms with E-state index in [1.807, 2.05) is 18.2 Å². The van der Waals surface area contributed by atoms with E-state index in [0.29, 0.717) is 30.9 Å². The quantitative estimate of drug-likeness (QED) is 0.409. The number of sulfonamides is 1. The van der Waals surface area contributed by atoms with Crippen LogP contribution in [0.1, 0.15) is 37.7 Å². The normalized spacial score (nSPS) is 15.5. The summed E-state index contributed by atoms with van der Waals surface area (Å²) in [5.74, 6) is 1.48. The fourth-order valence-corrected chi connectivity index (χ4v) is 5.24. The summed E-state index contributed by atoms with van der Waals surface area (Å²) in [7, 11) is -3.48. The first-order valence-corrected chi connectivity index (χ1v) is 12.6. The van der Waals surface area contributed by atoms with E-state index in [0.717, 1.165) is 31.4 Å². The molecular formula is C22H27N3O3S2. The van der Waals surface area contributed by atoms with Gasteiger partial charge in [0.2, 0.25) is 5.91 Å². The van der Waals surface area contributed by atoms with Crippen LogP contribution < -0.4 is 10.0 Å². The third kappa shape index (κ3) is 6.60. The number of fused-ring (bicyclic) bond motifs is 1. The van der Waals surface area contributed by atoms with Crippen LogP contribution in [0.3, 0.4) is 0 Å². The second-order valence-corrected chi connectivity index (χ2v) is 9.83. The van der Waals surface area contributed by atoms with Crippen LogP contribution in [0.5, 0.6) is 0 Å². The number of unbranched alkanes of at least 4 members (excludes halogenated alkanes) is 2. The summed E-state index contributed by atoms with van der Waals surface area (Å²) in [5.41, 5.74) is 0.627. The zero-order valence-electron chi connectivity index (χ0n) is 16.8. The molecule has 0 atom stereocenters. The van der Waals surface area contributed by atoms with Crippen LogP contribution in [0.25, 0.3) is 0 Å². The molecular weight excluding hydrogens is 418 g/mol. The van der Waals surface area contributed by atoms with E-state index in [4.69, 9.17) is 0 Å². The molecule has 2 aromatic rings. The molecule has 0 aliphatic carbocycles. The summed E-state index contributed by atoms with van der Waals surface area (Å²) in [6, 6.07) is 17.1. The van der Waals surface area contributed by atoms with Gasteiger partial charge in [0, 0.05) is 30.0 Å². The molecule has 1 heterocycles. The van der Waals surface area contributed by atoms with Gasteiger partial charge in [-0.05, 0) is 49.3 Å². The van der Waals surface area contributed by atoms with E-state index in [1.54, 1.807) is 36.0 Å². The Balaban J connectivity index is 1.25. The first-order valence-electron chi connectivity index (χ1n) is 10.2. The molecule has 0 unspecified atom stereocenters. The first kappa shape index (κ1) is 22.4. The molecule has 30 heavy (non-hydrogen) atoms. The summed E-state index contributed by atoms with van der Waals surface area (Å²) >= 11 is 1.80. The van der Waals surface area contributed by atoms with Gasteiger partial charge in [0.1, 0.15) is 5.84 Å². The summed E-state index contributed by atoms with van der Waals surface area (Å²) in [4.78, 5) is 17.8. The minimum absolute atomic E-state index is 0.0866. The molecule has 1 aliphatic rings. The zero-order valence-corrected chi connectivity index (χ0v) is 18.5. The molecule has 6 nitrogen and oxygen atoms in total. The van der Waals surface area contributed by atoms with Crippen LogP contribution in [0.2, 0.25) is 0 Å². The van der Waals surface area contributed by atoms with Crippen molar-refractivity contribution in [1.82, 2.24) is 10.0 Å². The summed E-state index contributed by atoms with van der Waals surface area (Å²) in [6.45, 7) is 1.23. The fraction of sp³-hybridized carbons (Fsp3) is 0.364. The predicted octanol–water partition coefficient (Wildman–Crippen LogP) is 3.58. The number of nitrogens with one attached hydrogen (secondary N) is 2. The molecule has 1 amide bonds. The lowest BCUT2D eigenvalue weighted by Crippen LogP contribution is -2.24. The molecule has 1 aliphatic heterocycles. The highest BCUT2D eigenvalue weighted by Gasteiger charge is 2.29. The van der Waals surface area contributed by atoms with Crippen molar-refractivity contribution >= 4 is 33.5 Å². The number of thioether (sulfide) groups is 1. The van der Waals surface area contributed by atoms with Crippen molar-refractivity contribution in [3.8, 4) is 0 Å². The minimum atomic E-state index is -3.48. The van der Waals surface area contributed by atoms with Crippen LogP contribution in [-0.2, 0) is 14.8 Å². The number of benzene rings is 2. The molecule has 0 fully saturated rings. The average molecular weight is 446 g/mol. The highest BCUT2D eigenvalue weighted by molar-refractivity contribution is 7.99. The van der Waals surface area contributed by atoms with Crippen molar-refractivity contribution in [3.63, 3.8) is 0 Å². The minimum Gasteiger partial charge on any atom is -0.356 e. The standard InChI is InChI=1S/C22H27N3O3S2/c26-21(23-16-9-17-29-18-10-3-1-4-11-18)14-5-2-8-15-24-22-19-12-6-7-13-20(19)30(27,28)25-22/h1,3-4,6-7,10-13H,2,5,8-9,14-17H2,(H,23,26)(H,24,25). The summed E-state index contributed by atoms with van der Waals surface area (Å²) in [5, 5.41) is 2.97. The number of hydrogen-bond acceptors (Lipinski definition) is 5. The van der Waals surface area contributed by atoms with Gasteiger partial charge in [0.15, 0.2) is 0 Å². The Morgan fingerprint density at radius 1 is 0.967 bits per heavy atom. The van der Waals surface area contributed by atoms with E-state index < -0.39 is 10.0 Å². The lowest BCUT2D eigenvalue weighted by atomic mass is 10.2. The van der Waals surface area contributed by atoms with Crippen molar-refractivity contribution < 1.29 is 13.2 Å². The number of amides is 1. The number of aliphatic imine (C=N–C) groups is 1. The molecule has 160 valence electrons. The van der Waals surface area contributed by atoms with Crippen LogP contribution in [0, 0.1) is 0 Å². The number of rotatable bonds is 11. The van der Waals surface area contributed by atoms with Gasteiger partial charge >= 0.3 is 0 Å². The van der Waals surface area contributed by atoms with Crippen LogP contribution in [0.4, 0.5) is 0 Å². The SMILES string of the molecule is O=C(CCCCCN=C1NS(=O)(=O)c2ccccc21)NCCCSc1ccccc1. The molecule has 0 saturated heterocycles. The number of amidine groups is 1. The topological polar surface area (TPSA) is 87.6 Å². The van der Waals surface area contributed by atoms with Gasteiger partial charge in [-0.1, -0.05) is 36.8 Å². The van der Waals surface area contributed by atoms with Crippen LogP contribution >= 0.6 is 11.8 Å². The second kappa shape index (κ2) is 11.2. The zero-order chi connectivity index (χ0) is 21.2. The van der Waals surface area contributed by atoms with Crippen molar-refractivity contribution in [2.75, 3.05) is 18.8 Å². The number of carbonyl (C=O) groups is 1. The van der Waals surface area contributed by atoms with Crippen molar-refractivity contribution in [2.24, 2.45) is 4.99 Å². The Labute approximate surface area is 182 Å². The molecule has 2 aromatic carbocycles. The molecule has 0 aromatic heterocycles. The average Bonchev–Trinajstić information content (AvgIpc) is 3.01. The van der Waals surface area contributed by atoms with E-state index in [2.05, 4.69) is 27.2 Å². The third-order valence-electron chi connectivity index (χ3n) is 4.65. The first-order chi connectivity index (χ1) is 14.6. The van der Waals surface area contributed by atoms with Gasteiger partial charge < -0.3 is 5.32 Å². The highest BCUT2D eigenvalue weighted by Crippen LogP contribution is 2.22. The smallest absolute Gasteiger partial charge is 0.263 e. The lowest BCUT2D eigenvalue weighted by molar-refractivity contribution is -0.121. The highest BCUT2D eigenvalue weighted by atomic mass is 32.2. The molecule has 0 spiro atoms. The monoisotopic (exact) mass is 445 g/mol. The fourth-order valence-electron chi connectivity index (χ4n) is 3.11. The third-order valence-corrected chi connectivity index (χ3v) is 7.15. The maximum Gasteiger partial charge on any atom is 0.263 e. The van der Waals surface area contributed by atoms with Gasteiger partial charge in [-0.25, -0.2) is 8.42 Å². The molecule has 0 radical (unpaired) electrons. The van der Waals surface area contributed by atoms with E-state index in [9.17, 15) is 13.2 Å². The van der Waals surface area contributed by atoms with Gasteiger partial charge in [-0.15, -0.1) is 11.8 Å².